The summed E-state index contributed by atoms with van der Waals surface area (Å²) in [6.45, 7) is -0.400. The van der Waals surface area contributed by atoms with Crippen LogP contribution in [0.5, 0.6) is 0 Å². The summed E-state index contributed by atoms with van der Waals surface area (Å²) in [7, 11) is 0. The van der Waals surface area contributed by atoms with Crippen LogP contribution >= 0.6 is 34.8 Å². The lowest BCUT2D eigenvalue weighted by atomic mass is 9.92. The molecular weight excluding hydrogens is 1050 g/mol. The lowest BCUT2D eigenvalue weighted by Gasteiger charge is -2.53. The molecule has 3 fully saturated rings. The fourth-order valence-corrected chi connectivity index (χ4v) is 10.5. The molecule has 19 heteroatoms. The van der Waals surface area contributed by atoms with Gasteiger partial charge in [0.2, 0.25) is 12.2 Å². The van der Waals surface area contributed by atoms with Crippen LogP contribution in [0.15, 0.2) is 170 Å². The number of fused-ring (bicyclic) bond motifs is 3. The Balaban J connectivity index is 1.05. The first-order valence-corrected chi connectivity index (χ1v) is 26.0. The number of carbonyl (C=O) groups excluding carboxylic acids is 4. The molecule has 0 saturated carbocycles. The summed E-state index contributed by atoms with van der Waals surface area (Å²) < 4.78 is 58.3. The Morgan fingerprint density at radius 1 is 0.532 bits per heavy atom. The summed E-state index contributed by atoms with van der Waals surface area (Å²) in [6, 6.07) is 46.8. The van der Waals surface area contributed by atoms with E-state index >= 15 is 0 Å². The van der Waals surface area contributed by atoms with Gasteiger partial charge in [0.25, 0.3) is 27.4 Å². The van der Waals surface area contributed by atoms with Crippen molar-refractivity contribution in [1.29, 1.82) is 5.41 Å². The number of rotatable bonds is 16. The second-order valence-corrected chi connectivity index (χ2v) is 21.1. The Morgan fingerprint density at radius 2 is 0.974 bits per heavy atom. The molecule has 5 aliphatic rings. The summed E-state index contributed by atoms with van der Waals surface area (Å²) in [5, 5.41) is 8.82. The largest absolute Gasteiger partial charge is 0.446 e. The van der Waals surface area contributed by atoms with Gasteiger partial charge in [-0.1, -0.05) is 180 Å². The molecule has 6 aromatic rings. The Kier molecular flexibility index (Phi) is 15.7. The number of hydrogen-bond acceptors (Lipinski definition) is 14. The van der Waals surface area contributed by atoms with Crippen molar-refractivity contribution < 1.29 is 61.8 Å². The standard InChI is InChI=1S/C58H50Cl3N3O13/c59-58(60,61)57(62)77-56-45(64-52(67)40-27-15-16-28-41(40)53(64)68)49(71-31-36-21-9-3-10-22-36)46(42(73-56)32-69-29-34-17-5-1-6-18-34)76-55-44(63-50(65)38-25-13-14-26-39(38)51(63)66)48(70-30-35-19-7-2-8-20-35)47-43(74-55)33-72-54(75-47)37-23-11-4-12-24-37/h1-28,42-49,54-56,62H,29-33H2/t42-,43-,44-,45-,46-,47-,48+,49+,54?,55+,56+/m1/s1. The van der Waals surface area contributed by atoms with Crippen molar-refractivity contribution in [1.82, 2.24) is 9.80 Å². The molecule has 11 atom stereocenters. The third-order valence-corrected chi connectivity index (χ3v) is 14.5. The lowest BCUT2D eigenvalue weighted by molar-refractivity contribution is -0.375. The molecule has 4 amide bonds. The second-order valence-electron chi connectivity index (χ2n) is 18.9. The number of benzene rings is 6. The van der Waals surface area contributed by atoms with E-state index in [0.717, 1.165) is 20.9 Å². The van der Waals surface area contributed by atoms with Gasteiger partial charge in [0, 0.05) is 5.56 Å². The SMILES string of the molecule is N=C(O[C@@H]1O[C@H](COCc2ccccc2)[C@@H](O[C@@H]2O[C@@H]3COC(c4ccccc4)O[C@H]3[C@@H](OCc3ccccc3)[C@H]2N2C(=O)c3ccccc3C2=O)[C@@H](OCc2ccccc2)[C@H]1N1C(=O)c2ccccc2C1=O)C(Cl)(Cl)Cl. The van der Waals surface area contributed by atoms with Crippen LogP contribution in [0.4, 0.5) is 0 Å². The van der Waals surface area contributed by atoms with Crippen LogP contribution in [0.2, 0.25) is 0 Å². The van der Waals surface area contributed by atoms with Crippen LogP contribution in [0.3, 0.4) is 0 Å². The molecule has 0 spiro atoms. The highest BCUT2D eigenvalue weighted by Crippen LogP contribution is 2.43. The zero-order valence-electron chi connectivity index (χ0n) is 40.9. The molecule has 16 nitrogen and oxygen atoms in total. The third-order valence-electron chi connectivity index (χ3n) is 14.0. The highest BCUT2D eigenvalue weighted by molar-refractivity contribution is 6.76. The molecule has 5 heterocycles. The number of alkyl halides is 3. The normalized spacial score (nSPS) is 27.0. The number of ether oxygens (including phenoxy) is 9. The van der Waals surface area contributed by atoms with Gasteiger partial charge in [0.1, 0.15) is 48.7 Å². The van der Waals surface area contributed by atoms with E-state index in [4.69, 9.17) is 82.8 Å². The smallest absolute Gasteiger partial charge is 0.265 e. The predicted molar refractivity (Wildman–Crippen MR) is 279 cm³/mol. The molecule has 0 bridgehead atoms. The van der Waals surface area contributed by atoms with E-state index in [2.05, 4.69) is 0 Å². The van der Waals surface area contributed by atoms with Crippen molar-refractivity contribution in [3.8, 4) is 0 Å². The zero-order valence-corrected chi connectivity index (χ0v) is 43.2. The molecule has 1 N–H and O–H groups in total. The van der Waals surface area contributed by atoms with Crippen molar-refractivity contribution >= 4 is 64.3 Å². The minimum Gasteiger partial charge on any atom is -0.446 e. The molecular formula is C58H50Cl3N3O13. The lowest BCUT2D eigenvalue weighted by Crippen LogP contribution is -2.71. The number of amides is 4. The number of hydrogen-bond donors (Lipinski definition) is 1. The summed E-state index contributed by atoms with van der Waals surface area (Å²) in [4.78, 5) is 61.5. The van der Waals surface area contributed by atoms with Crippen LogP contribution < -0.4 is 0 Å². The van der Waals surface area contributed by atoms with Gasteiger partial charge in [-0.2, -0.15) is 0 Å². The van der Waals surface area contributed by atoms with E-state index < -0.39 is 101 Å². The third kappa shape index (κ3) is 10.9. The van der Waals surface area contributed by atoms with E-state index in [1.54, 1.807) is 36.4 Å². The number of nitrogens with one attached hydrogen (secondary N) is 1. The van der Waals surface area contributed by atoms with Crippen LogP contribution in [0.25, 0.3) is 0 Å². The van der Waals surface area contributed by atoms with Gasteiger partial charge in [0.05, 0.1) is 55.3 Å². The Bertz CT molecular complexity index is 3030. The van der Waals surface area contributed by atoms with Crippen molar-refractivity contribution in [2.75, 3.05) is 13.2 Å². The molecule has 5 aliphatic heterocycles. The highest BCUT2D eigenvalue weighted by atomic mass is 35.6. The molecule has 3 saturated heterocycles. The van der Waals surface area contributed by atoms with Gasteiger partial charge in [0.15, 0.2) is 12.6 Å². The molecule has 6 aromatic carbocycles. The monoisotopic (exact) mass is 1100 g/mol. The van der Waals surface area contributed by atoms with E-state index in [-0.39, 0.29) is 55.3 Å². The number of imide groups is 2. The Labute approximate surface area is 457 Å². The van der Waals surface area contributed by atoms with Crippen LogP contribution in [0, 0.1) is 5.41 Å². The summed E-state index contributed by atoms with van der Waals surface area (Å²) in [5.41, 5.74) is 3.43. The van der Waals surface area contributed by atoms with Crippen molar-refractivity contribution in [3.63, 3.8) is 0 Å². The maximum Gasteiger partial charge on any atom is 0.265 e. The zero-order chi connectivity index (χ0) is 53.2. The van der Waals surface area contributed by atoms with Gasteiger partial charge in [-0.3, -0.25) is 34.4 Å². The van der Waals surface area contributed by atoms with Crippen molar-refractivity contribution in [3.05, 3.63) is 214 Å². The quantitative estimate of drug-likeness (QED) is 0.0420. The average molecular weight is 1100 g/mol. The number of halogens is 3. The van der Waals surface area contributed by atoms with Crippen LogP contribution in [0.1, 0.15) is 70.0 Å². The number of nitrogens with zero attached hydrogens (tertiary/aromatic N) is 2. The first-order valence-electron chi connectivity index (χ1n) is 24.9. The van der Waals surface area contributed by atoms with E-state index in [0.29, 0.717) is 11.1 Å². The second kappa shape index (κ2) is 22.9. The molecule has 1 unspecified atom stereocenters. The van der Waals surface area contributed by atoms with Gasteiger partial charge >= 0.3 is 0 Å². The van der Waals surface area contributed by atoms with E-state index in [1.165, 1.54) is 12.1 Å². The minimum atomic E-state index is -2.44. The Morgan fingerprint density at radius 3 is 1.47 bits per heavy atom. The summed E-state index contributed by atoms with van der Waals surface area (Å²) in [6.07, 6.45) is -11.6. The molecule has 396 valence electrons. The Hall–Kier alpha value is -6.38. The molecule has 11 rings (SSSR count). The van der Waals surface area contributed by atoms with Gasteiger partial charge in [-0.05, 0) is 41.0 Å². The molecule has 77 heavy (non-hydrogen) atoms. The fourth-order valence-electron chi connectivity index (χ4n) is 10.4. The minimum absolute atomic E-state index is 0.00262. The van der Waals surface area contributed by atoms with Crippen LogP contribution in [-0.2, 0) is 62.5 Å². The van der Waals surface area contributed by atoms with Crippen molar-refractivity contribution in [2.24, 2.45) is 0 Å². The first-order chi connectivity index (χ1) is 37.4. The fraction of sp³-hybridized carbons (Fsp3) is 0.293. The maximum absolute atomic E-state index is 15.0. The topological polar surface area (TPSA) is 182 Å². The molecule has 0 radical (unpaired) electrons. The van der Waals surface area contributed by atoms with E-state index in [9.17, 15) is 19.2 Å². The average Bonchev–Trinajstić information content (AvgIpc) is 3.88. The predicted octanol–water partition coefficient (Wildman–Crippen LogP) is 9.02. The molecule has 0 aromatic heterocycles. The van der Waals surface area contributed by atoms with Crippen LogP contribution in [-0.4, -0.2) is 118 Å². The van der Waals surface area contributed by atoms with Gasteiger partial charge < -0.3 is 42.6 Å². The molecule has 0 aliphatic carbocycles. The highest BCUT2D eigenvalue weighted by Gasteiger charge is 2.61. The summed E-state index contributed by atoms with van der Waals surface area (Å²) in [5.74, 6) is -3.66. The first kappa shape index (κ1) is 52.7. The maximum atomic E-state index is 15.0. The van der Waals surface area contributed by atoms with E-state index in [1.807, 2.05) is 121 Å². The number of carbonyl (C=O) groups is 4. The van der Waals surface area contributed by atoms with Gasteiger partial charge in [-0.25, -0.2) is 0 Å². The van der Waals surface area contributed by atoms with Crippen molar-refractivity contribution in [2.45, 2.75) is 91.2 Å². The summed E-state index contributed by atoms with van der Waals surface area (Å²) >= 11 is 18.8. The van der Waals surface area contributed by atoms with Gasteiger partial charge in [-0.15, -0.1) is 0 Å².